The van der Waals surface area contributed by atoms with Gasteiger partial charge in [0.2, 0.25) is 0 Å². The smallest absolute Gasteiger partial charge is 0.107 e. The molecule has 2 saturated heterocycles. The minimum absolute atomic E-state index is 0.0186. The maximum absolute atomic E-state index is 6.14. The average molecular weight is 359 g/mol. The number of likely N-dealkylation sites (tertiary alicyclic amines) is 1. The number of hydrogen-bond acceptors (Lipinski definition) is 6. The third kappa shape index (κ3) is 4.08. The lowest BCUT2D eigenvalue weighted by Gasteiger charge is -2.53. The van der Waals surface area contributed by atoms with Crippen LogP contribution in [0.15, 0.2) is 23.6 Å². The Morgan fingerprint density at radius 1 is 1.28 bits per heavy atom. The molecule has 1 spiro atoms. The van der Waals surface area contributed by atoms with Crippen molar-refractivity contribution in [3.63, 3.8) is 0 Å². The monoisotopic (exact) mass is 359 g/mol. The lowest BCUT2D eigenvalue weighted by Crippen LogP contribution is -2.65. The number of ether oxygens (including phenoxy) is 2. The van der Waals surface area contributed by atoms with Crippen molar-refractivity contribution < 1.29 is 9.47 Å². The summed E-state index contributed by atoms with van der Waals surface area (Å²) in [5, 5.41) is 3.31. The molecule has 0 amide bonds. The van der Waals surface area contributed by atoms with E-state index < -0.39 is 0 Å². The molecule has 0 N–H and O–H groups in total. The first kappa shape index (κ1) is 17.1. The minimum Gasteiger partial charge on any atom is -0.372 e. The molecular weight excluding hydrogens is 334 g/mol. The summed E-state index contributed by atoms with van der Waals surface area (Å²) in [4.78, 5) is 11.5. The summed E-state index contributed by atoms with van der Waals surface area (Å²) in [5.74, 6) is 0. The van der Waals surface area contributed by atoms with Crippen LogP contribution >= 0.6 is 11.3 Å². The predicted octanol–water partition coefficient (Wildman–Crippen LogP) is 3.11. The quantitative estimate of drug-likeness (QED) is 0.821. The summed E-state index contributed by atoms with van der Waals surface area (Å²) in [6.45, 7) is 8.33. The van der Waals surface area contributed by atoms with E-state index in [0.717, 1.165) is 56.2 Å². The molecule has 5 nitrogen and oxygen atoms in total. The van der Waals surface area contributed by atoms with Crippen LogP contribution in [0.25, 0.3) is 0 Å². The molecule has 0 aliphatic carbocycles. The van der Waals surface area contributed by atoms with Crippen LogP contribution < -0.4 is 0 Å². The normalized spacial score (nSPS) is 22.9. The fraction of sp³-hybridized carbons (Fsp3) is 0.579. The molecule has 4 rings (SSSR count). The van der Waals surface area contributed by atoms with Crippen molar-refractivity contribution in [1.82, 2.24) is 14.9 Å². The van der Waals surface area contributed by atoms with E-state index in [0.29, 0.717) is 6.61 Å². The van der Waals surface area contributed by atoms with Gasteiger partial charge in [0.1, 0.15) is 5.01 Å². The molecule has 4 heterocycles. The van der Waals surface area contributed by atoms with Gasteiger partial charge >= 0.3 is 0 Å². The van der Waals surface area contributed by atoms with Gasteiger partial charge in [-0.15, -0.1) is 11.3 Å². The van der Waals surface area contributed by atoms with Gasteiger partial charge in [-0.05, 0) is 32.4 Å². The average Bonchev–Trinajstić information content (AvgIpc) is 2.97. The van der Waals surface area contributed by atoms with Crippen molar-refractivity contribution in [3.05, 3.63) is 45.7 Å². The second kappa shape index (κ2) is 7.11. The summed E-state index contributed by atoms with van der Waals surface area (Å²) >= 11 is 1.74. The molecule has 0 saturated carbocycles. The minimum atomic E-state index is -0.0186. The van der Waals surface area contributed by atoms with E-state index >= 15 is 0 Å². The van der Waals surface area contributed by atoms with Gasteiger partial charge in [0, 0.05) is 42.9 Å². The second-order valence-electron chi connectivity index (χ2n) is 7.26. The largest absolute Gasteiger partial charge is 0.372 e. The highest BCUT2D eigenvalue weighted by molar-refractivity contribution is 7.09. The third-order valence-corrected chi connectivity index (χ3v) is 5.86. The molecule has 6 heteroatoms. The first-order valence-electron chi connectivity index (χ1n) is 8.92. The summed E-state index contributed by atoms with van der Waals surface area (Å²) in [6, 6.07) is 6.08. The van der Waals surface area contributed by atoms with Gasteiger partial charge in [-0.1, -0.05) is 6.07 Å². The Balaban J connectivity index is 1.27. The molecule has 2 fully saturated rings. The standard InChI is InChI=1S/C19H25N3O2S/c1-14-4-3-5-16(20-14)10-23-17-6-7-24-19(8-17)12-22(13-19)9-18-21-15(2)11-25-18/h3-5,11,17H,6-10,12-13H2,1-2H3/t17-/m1/s1. The molecule has 2 aromatic heterocycles. The van der Waals surface area contributed by atoms with E-state index in [4.69, 9.17) is 9.47 Å². The highest BCUT2D eigenvalue weighted by Crippen LogP contribution is 2.36. The van der Waals surface area contributed by atoms with Crippen molar-refractivity contribution in [3.8, 4) is 0 Å². The zero-order chi connectivity index (χ0) is 17.3. The molecule has 0 unspecified atom stereocenters. The van der Waals surface area contributed by atoms with Crippen molar-refractivity contribution in [2.24, 2.45) is 0 Å². The van der Waals surface area contributed by atoms with Crippen LogP contribution in [0.4, 0.5) is 0 Å². The van der Waals surface area contributed by atoms with Crippen LogP contribution in [0.5, 0.6) is 0 Å². The molecule has 2 aromatic rings. The van der Waals surface area contributed by atoms with Crippen LogP contribution in [0.3, 0.4) is 0 Å². The van der Waals surface area contributed by atoms with Crippen molar-refractivity contribution in [2.75, 3.05) is 19.7 Å². The molecule has 2 aliphatic heterocycles. The van der Waals surface area contributed by atoms with Gasteiger partial charge in [0.15, 0.2) is 0 Å². The van der Waals surface area contributed by atoms with Crippen LogP contribution in [-0.2, 0) is 22.6 Å². The van der Waals surface area contributed by atoms with Gasteiger partial charge in [-0.3, -0.25) is 9.88 Å². The Morgan fingerprint density at radius 3 is 2.92 bits per heavy atom. The van der Waals surface area contributed by atoms with Crippen LogP contribution in [0, 0.1) is 13.8 Å². The SMILES string of the molecule is Cc1cccc(CO[C@@H]2CCOC3(C2)CN(Cc2nc(C)cs2)C3)n1. The lowest BCUT2D eigenvalue weighted by molar-refractivity contribution is -0.200. The zero-order valence-electron chi connectivity index (χ0n) is 14.9. The van der Waals surface area contributed by atoms with E-state index in [9.17, 15) is 0 Å². The number of hydrogen-bond donors (Lipinski definition) is 0. The maximum atomic E-state index is 6.14. The van der Waals surface area contributed by atoms with E-state index in [1.807, 2.05) is 32.0 Å². The molecule has 0 aromatic carbocycles. The number of rotatable bonds is 5. The van der Waals surface area contributed by atoms with E-state index in [1.165, 1.54) is 5.01 Å². The summed E-state index contributed by atoms with van der Waals surface area (Å²) in [5.41, 5.74) is 3.14. The van der Waals surface area contributed by atoms with Gasteiger partial charge in [0.25, 0.3) is 0 Å². The van der Waals surface area contributed by atoms with Gasteiger partial charge < -0.3 is 9.47 Å². The predicted molar refractivity (Wildman–Crippen MR) is 97.6 cm³/mol. The van der Waals surface area contributed by atoms with E-state index in [-0.39, 0.29) is 11.7 Å². The maximum Gasteiger partial charge on any atom is 0.107 e. The van der Waals surface area contributed by atoms with Crippen molar-refractivity contribution in [1.29, 1.82) is 0 Å². The summed E-state index contributed by atoms with van der Waals surface area (Å²) in [6.07, 6.45) is 2.21. The highest BCUT2D eigenvalue weighted by atomic mass is 32.1. The molecule has 0 bridgehead atoms. The summed E-state index contributed by atoms with van der Waals surface area (Å²) < 4.78 is 12.3. The van der Waals surface area contributed by atoms with Crippen molar-refractivity contribution in [2.45, 2.75) is 51.5 Å². The topological polar surface area (TPSA) is 47.5 Å². The van der Waals surface area contributed by atoms with Gasteiger partial charge in [-0.2, -0.15) is 0 Å². The Morgan fingerprint density at radius 2 is 2.16 bits per heavy atom. The Hall–Kier alpha value is -1.34. The Kier molecular flexibility index (Phi) is 4.86. The second-order valence-corrected chi connectivity index (χ2v) is 8.20. The lowest BCUT2D eigenvalue weighted by atomic mass is 9.84. The molecular formula is C19H25N3O2S. The third-order valence-electron chi connectivity index (χ3n) is 4.91. The van der Waals surface area contributed by atoms with Gasteiger partial charge in [-0.25, -0.2) is 4.98 Å². The summed E-state index contributed by atoms with van der Waals surface area (Å²) in [7, 11) is 0. The fourth-order valence-electron chi connectivity index (χ4n) is 3.78. The van der Waals surface area contributed by atoms with Crippen LogP contribution in [0.2, 0.25) is 0 Å². The van der Waals surface area contributed by atoms with E-state index in [1.54, 1.807) is 11.3 Å². The number of thiazole rings is 1. The van der Waals surface area contributed by atoms with Crippen molar-refractivity contribution >= 4 is 11.3 Å². The van der Waals surface area contributed by atoms with E-state index in [2.05, 4.69) is 20.2 Å². The fourth-order valence-corrected chi connectivity index (χ4v) is 4.59. The van der Waals surface area contributed by atoms with Crippen LogP contribution in [0.1, 0.15) is 34.9 Å². The van der Waals surface area contributed by atoms with Crippen LogP contribution in [-0.4, -0.2) is 46.3 Å². The van der Waals surface area contributed by atoms with Gasteiger partial charge in [0.05, 0.1) is 30.6 Å². The number of nitrogens with zero attached hydrogens (tertiary/aromatic N) is 3. The highest BCUT2D eigenvalue weighted by Gasteiger charge is 2.47. The number of pyridine rings is 1. The molecule has 134 valence electrons. The molecule has 2 aliphatic rings. The molecule has 0 radical (unpaired) electrons. The molecule has 1 atom stereocenters. The Bertz CT molecular complexity index is 727. The number of aromatic nitrogens is 2. The first-order valence-corrected chi connectivity index (χ1v) is 9.80. The first-order chi connectivity index (χ1) is 12.1. The Labute approximate surface area is 153 Å². The zero-order valence-corrected chi connectivity index (χ0v) is 15.7. The number of aryl methyl sites for hydroxylation is 2. The molecule has 25 heavy (non-hydrogen) atoms.